The van der Waals surface area contributed by atoms with Gasteiger partial charge in [-0.25, -0.2) is 13.1 Å². The largest absolute Gasteiger partial charge is 0.495 e. The van der Waals surface area contributed by atoms with Crippen LogP contribution in [0.3, 0.4) is 0 Å². The third kappa shape index (κ3) is 5.67. The molecule has 0 radical (unpaired) electrons. The Morgan fingerprint density at radius 1 is 1.26 bits per heavy atom. The third-order valence-corrected chi connectivity index (χ3v) is 4.88. The zero-order valence-corrected chi connectivity index (χ0v) is 15.2. The number of nitrogens with one attached hydrogen (secondary N) is 1. The first-order valence-corrected chi connectivity index (χ1v) is 9.32. The van der Waals surface area contributed by atoms with E-state index in [4.69, 9.17) is 16.3 Å². The number of ether oxygens (including phenoxy) is 1. The average molecular weight is 363 g/mol. The minimum absolute atomic E-state index is 0.00590. The van der Waals surface area contributed by atoms with Crippen LogP contribution < -0.4 is 9.46 Å². The first-order valence-electron chi connectivity index (χ1n) is 7.46. The summed E-state index contributed by atoms with van der Waals surface area (Å²) in [6, 6.07) is 4.15. The molecule has 0 saturated heterocycles. The summed E-state index contributed by atoms with van der Waals surface area (Å²) in [7, 11) is -2.36. The number of methoxy groups -OCH3 is 1. The van der Waals surface area contributed by atoms with Gasteiger partial charge in [-0.05, 0) is 31.0 Å². The summed E-state index contributed by atoms with van der Waals surface area (Å²) < 4.78 is 31.8. The van der Waals surface area contributed by atoms with Crippen LogP contribution in [0.4, 0.5) is 0 Å². The van der Waals surface area contributed by atoms with Gasteiger partial charge in [-0.1, -0.05) is 25.4 Å². The highest BCUT2D eigenvalue weighted by Gasteiger charge is 2.19. The topological polar surface area (TPSA) is 75.7 Å². The van der Waals surface area contributed by atoms with Gasteiger partial charge in [0.1, 0.15) is 5.75 Å². The van der Waals surface area contributed by atoms with Crippen LogP contribution >= 0.6 is 11.6 Å². The Morgan fingerprint density at radius 3 is 2.35 bits per heavy atom. The molecule has 1 aromatic rings. The molecule has 0 spiro atoms. The Hall–Kier alpha value is -1.31. The van der Waals surface area contributed by atoms with Crippen molar-refractivity contribution in [3.8, 4) is 5.75 Å². The number of hydrogen-bond donors (Lipinski definition) is 1. The van der Waals surface area contributed by atoms with E-state index >= 15 is 0 Å². The van der Waals surface area contributed by atoms with Crippen molar-refractivity contribution in [2.75, 3.05) is 26.7 Å². The smallest absolute Gasteiger partial charge is 0.241 e. The maximum Gasteiger partial charge on any atom is 0.241 e. The number of benzene rings is 1. The van der Waals surface area contributed by atoms with E-state index in [2.05, 4.69) is 4.72 Å². The highest BCUT2D eigenvalue weighted by atomic mass is 35.5. The van der Waals surface area contributed by atoms with Crippen molar-refractivity contribution in [3.05, 3.63) is 23.2 Å². The Morgan fingerprint density at radius 2 is 1.87 bits per heavy atom. The number of amides is 1. The van der Waals surface area contributed by atoms with Crippen molar-refractivity contribution in [3.63, 3.8) is 0 Å². The van der Waals surface area contributed by atoms with Crippen molar-refractivity contribution in [2.24, 2.45) is 0 Å². The van der Waals surface area contributed by atoms with E-state index < -0.39 is 10.0 Å². The van der Waals surface area contributed by atoms with Crippen molar-refractivity contribution < 1.29 is 17.9 Å². The van der Waals surface area contributed by atoms with E-state index in [0.717, 1.165) is 12.8 Å². The Kier molecular flexibility index (Phi) is 7.81. The minimum atomic E-state index is -3.80. The highest BCUT2D eigenvalue weighted by Crippen LogP contribution is 2.26. The zero-order valence-electron chi connectivity index (χ0n) is 13.6. The standard InChI is InChI=1S/C15H23ClN2O4S/c1-4-8-18(9-5-2)15(19)11-17-23(20,21)12-6-7-14(22-3)13(16)10-12/h6-7,10,17H,4-5,8-9,11H2,1-3H3. The van der Waals surface area contributed by atoms with Gasteiger partial charge < -0.3 is 9.64 Å². The summed E-state index contributed by atoms with van der Waals surface area (Å²) in [6.45, 7) is 4.90. The third-order valence-electron chi connectivity index (χ3n) is 3.19. The zero-order chi connectivity index (χ0) is 17.5. The van der Waals surface area contributed by atoms with Gasteiger partial charge >= 0.3 is 0 Å². The van der Waals surface area contributed by atoms with Crippen LogP contribution in [-0.2, 0) is 14.8 Å². The first kappa shape index (κ1) is 19.7. The molecule has 0 atom stereocenters. The number of rotatable bonds is 9. The van der Waals surface area contributed by atoms with Crippen molar-refractivity contribution >= 4 is 27.5 Å². The summed E-state index contributed by atoms with van der Waals surface area (Å²) in [5.41, 5.74) is 0. The van der Waals surface area contributed by atoms with Gasteiger partial charge in [-0.3, -0.25) is 4.79 Å². The Labute approximate surface area is 142 Å². The summed E-state index contributed by atoms with van der Waals surface area (Å²) in [6.07, 6.45) is 1.65. The maximum atomic E-state index is 12.2. The van der Waals surface area contributed by atoms with Crippen molar-refractivity contribution in [2.45, 2.75) is 31.6 Å². The van der Waals surface area contributed by atoms with Crippen molar-refractivity contribution in [1.29, 1.82) is 0 Å². The molecule has 1 N–H and O–H groups in total. The molecule has 130 valence electrons. The molecule has 0 aromatic heterocycles. The molecular weight excluding hydrogens is 340 g/mol. The highest BCUT2D eigenvalue weighted by molar-refractivity contribution is 7.89. The van der Waals surface area contributed by atoms with Gasteiger partial charge in [0, 0.05) is 13.1 Å². The fraction of sp³-hybridized carbons (Fsp3) is 0.533. The predicted octanol–water partition coefficient (Wildman–Crippen LogP) is 2.28. The molecule has 1 rings (SSSR count). The normalized spacial score (nSPS) is 11.3. The molecular formula is C15H23ClN2O4S. The number of halogens is 1. The number of hydrogen-bond acceptors (Lipinski definition) is 4. The Balaban J connectivity index is 2.78. The molecule has 0 unspecified atom stereocenters. The van der Waals surface area contributed by atoms with Gasteiger partial charge in [0.2, 0.25) is 15.9 Å². The van der Waals surface area contributed by atoms with Gasteiger partial charge in [0.15, 0.2) is 0 Å². The quantitative estimate of drug-likeness (QED) is 0.731. The van der Waals surface area contributed by atoms with E-state index in [-0.39, 0.29) is 22.4 Å². The molecule has 8 heteroatoms. The van der Waals surface area contributed by atoms with Crippen LogP contribution in [0.2, 0.25) is 5.02 Å². The van der Waals surface area contributed by atoms with Crippen LogP contribution in [0.5, 0.6) is 5.75 Å². The fourth-order valence-corrected chi connectivity index (χ4v) is 3.39. The second-order valence-corrected chi connectivity index (χ2v) is 7.18. The second kappa shape index (κ2) is 9.10. The molecule has 0 aliphatic heterocycles. The fourth-order valence-electron chi connectivity index (χ4n) is 2.07. The second-order valence-electron chi connectivity index (χ2n) is 5.00. The first-order chi connectivity index (χ1) is 10.9. The number of nitrogens with zero attached hydrogens (tertiary/aromatic N) is 1. The van der Waals surface area contributed by atoms with Gasteiger partial charge in [0.05, 0.1) is 23.6 Å². The molecule has 23 heavy (non-hydrogen) atoms. The van der Waals surface area contributed by atoms with Crippen LogP contribution in [0.15, 0.2) is 23.1 Å². The molecule has 0 aliphatic carbocycles. The lowest BCUT2D eigenvalue weighted by atomic mass is 10.3. The average Bonchev–Trinajstić information content (AvgIpc) is 2.52. The predicted molar refractivity (Wildman–Crippen MR) is 90.4 cm³/mol. The molecule has 0 saturated carbocycles. The summed E-state index contributed by atoms with van der Waals surface area (Å²) in [5, 5.41) is 0.195. The lowest BCUT2D eigenvalue weighted by Gasteiger charge is -2.21. The molecule has 1 aromatic carbocycles. The van der Waals surface area contributed by atoms with Gasteiger partial charge in [0.25, 0.3) is 0 Å². The lowest BCUT2D eigenvalue weighted by Crippen LogP contribution is -2.40. The maximum absolute atomic E-state index is 12.2. The van der Waals surface area contributed by atoms with Gasteiger partial charge in [-0.2, -0.15) is 0 Å². The summed E-state index contributed by atoms with van der Waals surface area (Å²) in [4.78, 5) is 13.8. The molecule has 0 fully saturated rings. The Bertz CT molecular complexity index is 628. The molecule has 0 heterocycles. The van der Waals surface area contributed by atoms with Gasteiger partial charge in [-0.15, -0.1) is 0 Å². The molecule has 0 bridgehead atoms. The van der Waals surface area contributed by atoms with E-state index in [0.29, 0.717) is 18.8 Å². The van der Waals surface area contributed by atoms with E-state index in [1.54, 1.807) is 4.90 Å². The van der Waals surface area contributed by atoms with Crippen LogP contribution in [0, 0.1) is 0 Å². The molecule has 1 amide bonds. The SMILES string of the molecule is CCCN(CCC)C(=O)CNS(=O)(=O)c1ccc(OC)c(Cl)c1. The lowest BCUT2D eigenvalue weighted by molar-refractivity contribution is -0.130. The van der Waals surface area contributed by atoms with Crippen LogP contribution in [0.25, 0.3) is 0 Å². The number of sulfonamides is 1. The monoisotopic (exact) mass is 362 g/mol. The molecule has 0 aliphatic rings. The van der Waals surface area contributed by atoms with Crippen LogP contribution in [-0.4, -0.2) is 46.0 Å². The molecule has 6 nitrogen and oxygen atoms in total. The van der Waals surface area contributed by atoms with E-state index in [1.165, 1.54) is 25.3 Å². The van der Waals surface area contributed by atoms with Crippen molar-refractivity contribution in [1.82, 2.24) is 9.62 Å². The minimum Gasteiger partial charge on any atom is -0.495 e. The summed E-state index contributed by atoms with van der Waals surface area (Å²) >= 11 is 5.94. The summed E-state index contributed by atoms with van der Waals surface area (Å²) in [5.74, 6) is 0.149. The van der Waals surface area contributed by atoms with E-state index in [9.17, 15) is 13.2 Å². The number of carbonyl (C=O) groups excluding carboxylic acids is 1. The van der Waals surface area contributed by atoms with Crippen LogP contribution in [0.1, 0.15) is 26.7 Å². The van der Waals surface area contributed by atoms with E-state index in [1.807, 2.05) is 13.8 Å². The number of carbonyl (C=O) groups is 1.